The lowest BCUT2D eigenvalue weighted by molar-refractivity contribution is -0.122. The maximum Gasteiger partial charge on any atom is 0.321 e. The molecular formula is C17H25N3O3. The molecule has 1 heterocycles. The Morgan fingerprint density at radius 1 is 1.22 bits per heavy atom. The summed E-state index contributed by atoms with van der Waals surface area (Å²) in [5, 5.41) is 5.74. The van der Waals surface area contributed by atoms with Crippen molar-refractivity contribution in [3.8, 4) is 0 Å². The van der Waals surface area contributed by atoms with Crippen molar-refractivity contribution in [2.45, 2.75) is 19.3 Å². The molecule has 6 heteroatoms. The first-order valence-corrected chi connectivity index (χ1v) is 8.05. The summed E-state index contributed by atoms with van der Waals surface area (Å²) in [5.41, 5.74) is 0.803. The molecule has 0 aromatic heterocycles. The lowest BCUT2D eigenvalue weighted by atomic mass is 9.93. The molecule has 1 fully saturated rings. The molecule has 1 aliphatic heterocycles. The fourth-order valence-electron chi connectivity index (χ4n) is 2.69. The summed E-state index contributed by atoms with van der Waals surface area (Å²) in [6, 6.07) is 9.37. The van der Waals surface area contributed by atoms with Crippen LogP contribution in [0.4, 0.5) is 10.5 Å². The van der Waals surface area contributed by atoms with Gasteiger partial charge in [-0.1, -0.05) is 18.2 Å². The van der Waals surface area contributed by atoms with E-state index < -0.39 is 0 Å². The van der Waals surface area contributed by atoms with Crippen molar-refractivity contribution in [2.75, 3.05) is 38.7 Å². The summed E-state index contributed by atoms with van der Waals surface area (Å²) in [4.78, 5) is 25.8. The number of piperidine rings is 1. The third-order valence-electron chi connectivity index (χ3n) is 4.03. The molecular weight excluding hydrogens is 294 g/mol. The number of nitrogens with zero attached hydrogens (tertiary/aromatic N) is 1. The van der Waals surface area contributed by atoms with Gasteiger partial charge in [-0.15, -0.1) is 0 Å². The van der Waals surface area contributed by atoms with Crippen LogP contribution in [0.25, 0.3) is 0 Å². The lowest BCUT2D eigenvalue weighted by Gasteiger charge is -2.31. The Kier molecular flexibility index (Phi) is 6.87. The topological polar surface area (TPSA) is 70.7 Å². The molecule has 0 spiro atoms. The van der Waals surface area contributed by atoms with Crippen LogP contribution in [0.2, 0.25) is 0 Å². The minimum atomic E-state index is -0.0702. The Balaban J connectivity index is 1.69. The minimum Gasteiger partial charge on any atom is -0.383 e. The van der Waals surface area contributed by atoms with Crippen molar-refractivity contribution in [2.24, 2.45) is 5.92 Å². The van der Waals surface area contributed by atoms with E-state index in [2.05, 4.69) is 10.6 Å². The number of methoxy groups -OCH3 is 1. The van der Waals surface area contributed by atoms with Crippen LogP contribution in [-0.4, -0.2) is 50.2 Å². The number of amides is 3. The molecule has 23 heavy (non-hydrogen) atoms. The van der Waals surface area contributed by atoms with Crippen LogP contribution in [0.3, 0.4) is 0 Å². The normalized spacial score (nSPS) is 15.3. The second-order valence-corrected chi connectivity index (χ2v) is 5.77. The molecule has 1 saturated heterocycles. The van der Waals surface area contributed by atoms with Crippen molar-refractivity contribution in [1.82, 2.24) is 10.2 Å². The number of benzene rings is 1. The number of anilines is 1. The predicted molar refractivity (Wildman–Crippen MR) is 89.3 cm³/mol. The smallest absolute Gasteiger partial charge is 0.321 e. The van der Waals surface area contributed by atoms with Crippen molar-refractivity contribution in [3.05, 3.63) is 30.3 Å². The van der Waals surface area contributed by atoms with E-state index in [9.17, 15) is 9.59 Å². The number of nitrogens with one attached hydrogen (secondary N) is 2. The molecule has 0 radical (unpaired) electrons. The number of para-hydroxylation sites is 1. The molecule has 1 aromatic rings. The van der Waals surface area contributed by atoms with Crippen LogP contribution in [0.5, 0.6) is 0 Å². The zero-order valence-electron chi connectivity index (χ0n) is 13.6. The van der Waals surface area contributed by atoms with Gasteiger partial charge in [0.25, 0.3) is 0 Å². The van der Waals surface area contributed by atoms with Crippen molar-refractivity contribution < 1.29 is 14.3 Å². The summed E-state index contributed by atoms with van der Waals surface area (Å²) < 4.78 is 4.91. The molecule has 6 nitrogen and oxygen atoms in total. The van der Waals surface area contributed by atoms with Gasteiger partial charge in [-0.05, 0) is 30.9 Å². The fourth-order valence-corrected chi connectivity index (χ4v) is 2.69. The van der Waals surface area contributed by atoms with Gasteiger partial charge in [-0.2, -0.15) is 0 Å². The highest BCUT2D eigenvalue weighted by atomic mass is 16.5. The zero-order valence-corrected chi connectivity index (χ0v) is 13.6. The SMILES string of the molecule is COCCNC(=O)CC1CCN(C(=O)Nc2ccccc2)CC1. The fraction of sp³-hybridized carbons (Fsp3) is 0.529. The quantitative estimate of drug-likeness (QED) is 0.789. The number of ether oxygens (including phenoxy) is 1. The Hall–Kier alpha value is -2.08. The summed E-state index contributed by atoms with van der Waals surface area (Å²) >= 11 is 0. The van der Waals surface area contributed by atoms with Gasteiger partial charge < -0.3 is 20.3 Å². The minimum absolute atomic E-state index is 0.0641. The molecule has 1 aromatic carbocycles. The van der Waals surface area contributed by atoms with E-state index in [1.165, 1.54) is 0 Å². The Labute approximate surface area is 137 Å². The van der Waals surface area contributed by atoms with Crippen LogP contribution in [0.15, 0.2) is 30.3 Å². The van der Waals surface area contributed by atoms with E-state index in [4.69, 9.17) is 4.74 Å². The van der Waals surface area contributed by atoms with E-state index in [1.54, 1.807) is 7.11 Å². The maximum atomic E-state index is 12.2. The monoisotopic (exact) mass is 319 g/mol. The number of urea groups is 1. The van der Waals surface area contributed by atoms with Gasteiger partial charge in [0, 0.05) is 38.9 Å². The Morgan fingerprint density at radius 2 is 1.91 bits per heavy atom. The Bertz CT molecular complexity index is 499. The number of hydrogen-bond donors (Lipinski definition) is 2. The van der Waals surface area contributed by atoms with E-state index in [0.717, 1.165) is 18.5 Å². The first kappa shape index (κ1) is 17.3. The highest BCUT2D eigenvalue weighted by Crippen LogP contribution is 2.21. The molecule has 2 N–H and O–H groups in total. The number of hydrogen-bond acceptors (Lipinski definition) is 3. The Morgan fingerprint density at radius 3 is 2.57 bits per heavy atom. The lowest BCUT2D eigenvalue weighted by Crippen LogP contribution is -2.42. The third kappa shape index (κ3) is 5.90. The van der Waals surface area contributed by atoms with E-state index in [1.807, 2.05) is 35.2 Å². The zero-order chi connectivity index (χ0) is 16.5. The summed E-state index contributed by atoms with van der Waals surface area (Å²) in [6.07, 6.45) is 2.25. The molecule has 1 aliphatic rings. The van der Waals surface area contributed by atoms with Crippen LogP contribution in [0, 0.1) is 5.92 Å². The van der Waals surface area contributed by atoms with Gasteiger partial charge >= 0.3 is 6.03 Å². The van der Waals surface area contributed by atoms with Crippen LogP contribution < -0.4 is 10.6 Å². The average Bonchev–Trinajstić information content (AvgIpc) is 2.56. The second-order valence-electron chi connectivity index (χ2n) is 5.77. The van der Waals surface area contributed by atoms with Crippen molar-refractivity contribution >= 4 is 17.6 Å². The summed E-state index contributed by atoms with van der Waals surface area (Å²) in [7, 11) is 1.61. The van der Waals surface area contributed by atoms with Gasteiger partial charge in [0.15, 0.2) is 0 Å². The summed E-state index contributed by atoms with van der Waals surface area (Å²) in [6.45, 7) is 2.46. The van der Waals surface area contributed by atoms with E-state index in [-0.39, 0.29) is 11.9 Å². The highest BCUT2D eigenvalue weighted by molar-refractivity contribution is 5.89. The van der Waals surface area contributed by atoms with Gasteiger partial charge in [-0.3, -0.25) is 4.79 Å². The van der Waals surface area contributed by atoms with Gasteiger partial charge in [-0.25, -0.2) is 4.79 Å². The molecule has 126 valence electrons. The molecule has 0 unspecified atom stereocenters. The van der Waals surface area contributed by atoms with Crippen molar-refractivity contribution in [3.63, 3.8) is 0 Å². The standard InChI is InChI=1S/C17H25N3O3/c1-23-12-9-18-16(21)13-14-7-10-20(11-8-14)17(22)19-15-5-3-2-4-6-15/h2-6,14H,7-13H2,1H3,(H,18,21)(H,19,22). The highest BCUT2D eigenvalue weighted by Gasteiger charge is 2.24. The predicted octanol–water partition coefficient (Wildman–Crippen LogP) is 2.08. The largest absolute Gasteiger partial charge is 0.383 e. The summed E-state index contributed by atoms with van der Waals surface area (Å²) in [5.74, 6) is 0.410. The van der Waals surface area contributed by atoms with Gasteiger partial charge in [0.05, 0.1) is 6.61 Å². The molecule has 0 bridgehead atoms. The number of carbonyl (C=O) groups is 2. The maximum absolute atomic E-state index is 12.2. The van der Waals surface area contributed by atoms with E-state index >= 15 is 0 Å². The molecule has 0 atom stereocenters. The molecule has 2 rings (SSSR count). The number of rotatable bonds is 6. The first-order chi connectivity index (χ1) is 11.2. The van der Waals surface area contributed by atoms with Crippen LogP contribution >= 0.6 is 0 Å². The van der Waals surface area contributed by atoms with Gasteiger partial charge in [0.1, 0.15) is 0 Å². The molecule has 0 saturated carbocycles. The van der Waals surface area contributed by atoms with E-state index in [0.29, 0.717) is 38.6 Å². The second kappa shape index (κ2) is 9.15. The first-order valence-electron chi connectivity index (χ1n) is 8.05. The van der Waals surface area contributed by atoms with Crippen LogP contribution in [0.1, 0.15) is 19.3 Å². The average molecular weight is 319 g/mol. The third-order valence-corrected chi connectivity index (χ3v) is 4.03. The van der Waals surface area contributed by atoms with Crippen LogP contribution in [-0.2, 0) is 9.53 Å². The molecule has 3 amide bonds. The number of likely N-dealkylation sites (tertiary alicyclic amines) is 1. The molecule has 0 aliphatic carbocycles. The number of carbonyl (C=O) groups excluding carboxylic acids is 2. The van der Waals surface area contributed by atoms with Crippen molar-refractivity contribution in [1.29, 1.82) is 0 Å². The van der Waals surface area contributed by atoms with Gasteiger partial charge in [0.2, 0.25) is 5.91 Å².